The van der Waals surface area contributed by atoms with Crippen LogP contribution in [0.4, 0.5) is 10.1 Å². The average molecular weight is 164 g/mol. The van der Waals surface area contributed by atoms with Gasteiger partial charge >= 0.3 is 0 Å². The van der Waals surface area contributed by atoms with Crippen LogP contribution in [-0.4, -0.2) is 6.54 Å². The fraction of sp³-hybridized carbons (Fsp3) is 0.222. The summed E-state index contributed by atoms with van der Waals surface area (Å²) >= 11 is 0. The minimum absolute atomic E-state index is 0.127. The molecular formula is C9H9FN2. The lowest BCUT2D eigenvalue weighted by Crippen LogP contribution is -2.02. The highest BCUT2D eigenvalue weighted by Gasteiger charge is 2.02. The van der Waals surface area contributed by atoms with E-state index in [1.165, 1.54) is 6.07 Å². The second-order valence-electron chi connectivity index (χ2n) is 2.44. The largest absolute Gasteiger partial charge is 0.370 e. The van der Waals surface area contributed by atoms with Crippen molar-refractivity contribution in [3.05, 3.63) is 29.6 Å². The maximum atomic E-state index is 13.0. The summed E-state index contributed by atoms with van der Waals surface area (Å²) in [6.07, 6.45) is 0. The first-order chi connectivity index (χ1) is 5.75. The highest BCUT2D eigenvalue weighted by molar-refractivity contribution is 5.52. The van der Waals surface area contributed by atoms with Gasteiger partial charge in [0.2, 0.25) is 0 Å². The zero-order chi connectivity index (χ0) is 8.97. The Labute approximate surface area is 70.6 Å². The molecule has 0 radical (unpaired) electrons. The predicted octanol–water partition coefficient (Wildman–Crippen LogP) is 2.07. The standard InChI is InChI=1S/C9H9FN2/c1-7-3-2-4-8(10)9(7)12-6-5-11/h2-4,12H,6H2,1H3. The summed E-state index contributed by atoms with van der Waals surface area (Å²) in [5, 5.41) is 11.0. The molecule has 0 bridgehead atoms. The van der Waals surface area contributed by atoms with E-state index in [-0.39, 0.29) is 12.4 Å². The van der Waals surface area contributed by atoms with Crippen molar-refractivity contribution in [1.29, 1.82) is 5.26 Å². The molecule has 1 aromatic carbocycles. The third kappa shape index (κ3) is 1.73. The van der Waals surface area contributed by atoms with Gasteiger partial charge in [-0.05, 0) is 18.6 Å². The van der Waals surface area contributed by atoms with Gasteiger partial charge in [0.25, 0.3) is 0 Å². The Morgan fingerprint density at radius 1 is 1.58 bits per heavy atom. The summed E-state index contributed by atoms with van der Waals surface area (Å²) in [6, 6.07) is 6.70. The van der Waals surface area contributed by atoms with Crippen LogP contribution in [0.25, 0.3) is 0 Å². The Bertz CT molecular complexity index is 295. The van der Waals surface area contributed by atoms with E-state index in [9.17, 15) is 4.39 Å². The fourth-order valence-corrected chi connectivity index (χ4v) is 0.984. The number of nitriles is 1. The number of rotatable bonds is 2. The summed E-state index contributed by atoms with van der Waals surface area (Å²) in [7, 11) is 0. The molecule has 1 rings (SSSR count). The Kier molecular flexibility index (Phi) is 2.65. The van der Waals surface area contributed by atoms with Gasteiger partial charge in [-0.15, -0.1) is 0 Å². The Hall–Kier alpha value is -1.56. The van der Waals surface area contributed by atoms with Gasteiger partial charge in [-0.2, -0.15) is 5.26 Å². The van der Waals surface area contributed by atoms with Crippen LogP contribution in [0.3, 0.4) is 0 Å². The third-order valence-electron chi connectivity index (χ3n) is 1.57. The molecule has 0 amide bonds. The molecule has 1 N–H and O–H groups in total. The van der Waals surface area contributed by atoms with Crippen molar-refractivity contribution in [2.45, 2.75) is 6.92 Å². The maximum Gasteiger partial charge on any atom is 0.146 e. The molecule has 3 heteroatoms. The topological polar surface area (TPSA) is 35.8 Å². The van der Waals surface area contributed by atoms with Gasteiger partial charge < -0.3 is 5.32 Å². The van der Waals surface area contributed by atoms with Gasteiger partial charge in [0.15, 0.2) is 0 Å². The van der Waals surface area contributed by atoms with Crippen LogP contribution in [0.1, 0.15) is 5.56 Å². The summed E-state index contributed by atoms with van der Waals surface area (Å²) in [5.41, 5.74) is 1.23. The van der Waals surface area contributed by atoms with Crippen LogP contribution in [0.5, 0.6) is 0 Å². The lowest BCUT2D eigenvalue weighted by Gasteiger charge is -2.06. The number of para-hydroxylation sites is 1. The molecule has 1 aromatic rings. The molecule has 0 atom stereocenters. The van der Waals surface area contributed by atoms with Crippen LogP contribution in [0.15, 0.2) is 18.2 Å². The number of aryl methyl sites for hydroxylation is 1. The van der Waals surface area contributed by atoms with Crippen LogP contribution in [-0.2, 0) is 0 Å². The first-order valence-corrected chi connectivity index (χ1v) is 3.61. The van der Waals surface area contributed by atoms with Crippen LogP contribution in [0.2, 0.25) is 0 Å². The summed E-state index contributed by atoms with van der Waals surface area (Å²) < 4.78 is 13.0. The summed E-state index contributed by atoms with van der Waals surface area (Å²) in [6.45, 7) is 1.92. The molecule has 2 nitrogen and oxygen atoms in total. The smallest absolute Gasteiger partial charge is 0.146 e. The summed E-state index contributed by atoms with van der Waals surface area (Å²) in [4.78, 5) is 0. The number of halogens is 1. The molecule has 0 unspecified atom stereocenters. The van der Waals surface area contributed by atoms with E-state index < -0.39 is 0 Å². The first-order valence-electron chi connectivity index (χ1n) is 3.61. The minimum atomic E-state index is -0.315. The monoisotopic (exact) mass is 164 g/mol. The van der Waals surface area contributed by atoms with Gasteiger partial charge in [-0.3, -0.25) is 0 Å². The summed E-state index contributed by atoms with van der Waals surface area (Å²) in [5.74, 6) is -0.315. The van der Waals surface area contributed by atoms with E-state index >= 15 is 0 Å². The number of anilines is 1. The highest BCUT2D eigenvalue weighted by atomic mass is 19.1. The van der Waals surface area contributed by atoms with Gasteiger partial charge in [0.1, 0.15) is 12.4 Å². The molecule has 0 aliphatic carbocycles. The van der Waals surface area contributed by atoms with Gasteiger partial charge in [-0.25, -0.2) is 4.39 Å². The molecular weight excluding hydrogens is 155 g/mol. The third-order valence-corrected chi connectivity index (χ3v) is 1.57. The maximum absolute atomic E-state index is 13.0. The zero-order valence-electron chi connectivity index (χ0n) is 6.76. The molecule has 0 saturated heterocycles. The average Bonchev–Trinajstić information content (AvgIpc) is 2.04. The molecule has 0 spiro atoms. The van der Waals surface area contributed by atoms with E-state index in [1.807, 2.05) is 6.07 Å². The van der Waals surface area contributed by atoms with Crippen LogP contribution < -0.4 is 5.32 Å². The number of hydrogen-bond acceptors (Lipinski definition) is 2. The van der Waals surface area contributed by atoms with Crippen molar-refractivity contribution in [3.8, 4) is 6.07 Å². The van der Waals surface area contributed by atoms with Crippen molar-refractivity contribution in [2.75, 3.05) is 11.9 Å². The Morgan fingerprint density at radius 3 is 2.92 bits per heavy atom. The van der Waals surface area contributed by atoms with Crippen LogP contribution >= 0.6 is 0 Å². The number of nitrogens with one attached hydrogen (secondary N) is 1. The molecule has 62 valence electrons. The normalized spacial score (nSPS) is 9.08. The van der Waals surface area contributed by atoms with Crippen molar-refractivity contribution < 1.29 is 4.39 Å². The SMILES string of the molecule is Cc1cccc(F)c1NCC#N. The predicted molar refractivity (Wildman–Crippen MR) is 45.2 cm³/mol. The van der Waals surface area contributed by atoms with E-state index in [1.54, 1.807) is 19.1 Å². The first kappa shape index (κ1) is 8.54. The van der Waals surface area contributed by atoms with E-state index in [0.717, 1.165) is 5.56 Å². The quantitative estimate of drug-likeness (QED) is 0.679. The van der Waals surface area contributed by atoms with Crippen molar-refractivity contribution >= 4 is 5.69 Å². The minimum Gasteiger partial charge on any atom is -0.370 e. The molecule has 0 heterocycles. The second kappa shape index (κ2) is 3.72. The Morgan fingerprint density at radius 2 is 2.33 bits per heavy atom. The van der Waals surface area contributed by atoms with Gasteiger partial charge in [-0.1, -0.05) is 12.1 Å². The number of benzene rings is 1. The van der Waals surface area contributed by atoms with Gasteiger partial charge in [0.05, 0.1) is 11.8 Å². The highest BCUT2D eigenvalue weighted by Crippen LogP contribution is 2.17. The van der Waals surface area contributed by atoms with Gasteiger partial charge in [0, 0.05) is 0 Å². The van der Waals surface area contributed by atoms with Crippen molar-refractivity contribution in [2.24, 2.45) is 0 Å². The molecule has 12 heavy (non-hydrogen) atoms. The van der Waals surface area contributed by atoms with Crippen molar-refractivity contribution in [1.82, 2.24) is 0 Å². The number of nitrogens with zero attached hydrogens (tertiary/aromatic N) is 1. The molecule has 0 aliphatic rings. The molecule has 0 aliphatic heterocycles. The molecule has 0 aromatic heterocycles. The lowest BCUT2D eigenvalue weighted by atomic mass is 10.2. The molecule has 0 fully saturated rings. The zero-order valence-corrected chi connectivity index (χ0v) is 6.76. The van der Waals surface area contributed by atoms with Crippen molar-refractivity contribution in [3.63, 3.8) is 0 Å². The van der Waals surface area contributed by atoms with E-state index in [4.69, 9.17) is 5.26 Å². The second-order valence-corrected chi connectivity index (χ2v) is 2.44. The molecule has 0 saturated carbocycles. The van der Waals surface area contributed by atoms with E-state index in [0.29, 0.717) is 5.69 Å². The van der Waals surface area contributed by atoms with E-state index in [2.05, 4.69) is 5.32 Å². The Balaban J connectivity index is 2.90. The fourth-order valence-electron chi connectivity index (χ4n) is 0.984. The lowest BCUT2D eigenvalue weighted by molar-refractivity contribution is 0.630. The van der Waals surface area contributed by atoms with Crippen LogP contribution in [0, 0.1) is 24.1 Å². The number of hydrogen-bond donors (Lipinski definition) is 1.